The molecule has 0 atom stereocenters. The Labute approximate surface area is 100 Å². The lowest BCUT2D eigenvalue weighted by Gasteiger charge is -2.03. The summed E-state index contributed by atoms with van der Waals surface area (Å²) in [6.45, 7) is 1.84. The van der Waals surface area contributed by atoms with Crippen LogP contribution in [0.1, 0.15) is 19.8 Å². The molecule has 0 fully saturated rings. The Morgan fingerprint density at radius 1 is 1.25 bits per heavy atom. The van der Waals surface area contributed by atoms with Gasteiger partial charge in [0.2, 0.25) is 0 Å². The lowest BCUT2D eigenvalue weighted by atomic mass is 10.3. The minimum absolute atomic E-state index is 0.140. The fourth-order valence-corrected chi connectivity index (χ4v) is 2.70. The van der Waals surface area contributed by atoms with Crippen molar-refractivity contribution in [2.24, 2.45) is 0 Å². The van der Waals surface area contributed by atoms with Crippen molar-refractivity contribution in [2.45, 2.75) is 24.7 Å². The van der Waals surface area contributed by atoms with Crippen molar-refractivity contribution in [1.29, 1.82) is 0 Å². The van der Waals surface area contributed by atoms with Crippen LogP contribution in [0.15, 0.2) is 29.2 Å². The number of carbonyl (C=O) groups excluding carboxylic acids is 1. The van der Waals surface area contributed by atoms with Crippen LogP contribution in [-0.4, -0.2) is 20.0 Å². The molecule has 0 radical (unpaired) electrons. The Morgan fingerprint density at radius 2 is 1.81 bits per heavy atom. The average Bonchev–Trinajstić information content (AvgIpc) is 2.17. The van der Waals surface area contributed by atoms with Crippen molar-refractivity contribution in [1.82, 2.24) is 0 Å². The van der Waals surface area contributed by atoms with E-state index < -0.39 is 15.6 Å². The predicted molar refractivity (Wildman–Crippen MR) is 63.4 cm³/mol. The van der Waals surface area contributed by atoms with Crippen molar-refractivity contribution in [3.63, 3.8) is 0 Å². The number of benzene rings is 1. The molecule has 0 aliphatic rings. The molecule has 0 saturated heterocycles. The molecule has 0 aliphatic carbocycles. The summed E-state index contributed by atoms with van der Waals surface area (Å²) in [5.74, 6) is -0.680. The normalized spacial score (nSPS) is 11.4. The maximum atomic E-state index is 11.8. The summed E-state index contributed by atoms with van der Waals surface area (Å²) in [5, 5.41) is 0.471. The Morgan fingerprint density at radius 3 is 2.31 bits per heavy atom. The van der Waals surface area contributed by atoms with Gasteiger partial charge in [0.1, 0.15) is 11.5 Å². The van der Waals surface area contributed by atoms with Gasteiger partial charge >= 0.3 is 0 Å². The van der Waals surface area contributed by atoms with E-state index in [2.05, 4.69) is 0 Å². The minimum Gasteiger partial charge on any atom is -0.299 e. The molecule has 0 aliphatic heterocycles. The van der Waals surface area contributed by atoms with E-state index in [1.807, 2.05) is 6.92 Å². The number of hydrogen-bond acceptors (Lipinski definition) is 3. The summed E-state index contributed by atoms with van der Waals surface area (Å²) in [7, 11) is -3.51. The summed E-state index contributed by atoms with van der Waals surface area (Å²) in [6, 6.07) is 5.82. The van der Waals surface area contributed by atoms with E-state index in [0.717, 1.165) is 0 Å². The van der Waals surface area contributed by atoms with Gasteiger partial charge in [-0.2, -0.15) is 0 Å². The van der Waals surface area contributed by atoms with E-state index >= 15 is 0 Å². The van der Waals surface area contributed by atoms with E-state index in [1.54, 1.807) is 0 Å². The molecule has 0 amide bonds. The molecule has 0 unspecified atom stereocenters. The summed E-state index contributed by atoms with van der Waals surface area (Å²) in [6.07, 6.45) is 0.960. The monoisotopic (exact) mass is 260 g/mol. The number of halogens is 1. The summed E-state index contributed by atoms with van der Waals surface area (Å²) >= 11 is 5.66. The molecule has 16 heavy (non-hydrogen) atoms. The first-order valence-electron chi connectivity index (χ1n) is 4.95. The predicted octanol–water partition coefficient (Wildman–Crippen LogP) is 2.48. The van der Waals surface area contributed by atoms with Crippen molar-refractivity contribution >= 4 is 27.2 Å². The van der Waals surface area contributed by atoms with E-state index in [9.17, 15) is 13.2 Å². The first-order valence-corrected chi connectivity index (χ1v) is 6.99. The number of ketones is 1. The van der Waals surface area contributed by atoms with Gasteiger partial charge in [0.05, 0.1) is 4.90 Å². The second-order valence-electron chi connectivity index (χ2n) is 3.50. The molecule has 88 valence electrons. The minimum atomic E-state index is -3.51. The molecule has 1 rings (SSSR count). The third kappa shape index (κ3) is 3.61. The van der Waals surface area contributed by atoms with Crippen molar-refractivity contribution in [3.05, 3.63) is 29.3 Å². The van der Waals surface area contributed by atoms with Crippen LogP contribution < -0.4 is 0 Å². The lowest BCUT2D eigenvalue weighted by molar-refractivity contribution is -0.116. The molecule has 0 bridgehead atoms. The van der Waals surface area contributed by atoms with Gasteiger partial charge in [-0.25, -0.2) is 8.42 Å². The molecule has 3 nitrogen and oxygen atoms in total. The van der Waals surface area contributed by atoms with Gasteiger partial charge in [0.25, 0.3) is 0 Å². The second-order valence-corrected chi connectivity index (χ2v) is 5.93. The average molecular weight is 261 g/mol. The highest BCUT2D eigenvalue weighted by Gasteiger charge is 2.18. The number of hydrogen-bond donors (Lipinski definition) is 0. The van der Waals surface area contributed by atoms with Gasteiger partial charge < -0.3 is 0 Å². The standard InChI is InChI=1S/C11H13ClO3S/c1-2-3-10(13)8-16(14,15)11-6-4-9(12)5-7-11/h4-7H,2-3,8H2,1H3. The van der Waals surface area contributed by atoms with Crippen LogP contribution in [-0.2, 0) is 14.6 Å². The molecule has 0 aromatic heterocycles. The SMILES string of the molecule is CCCC(=O)CS(=O)(=O)c1ccc(Cl)cc1. The third-order valence-corrected chi connectivity index (χ3v) is 4.00. The Kier molecular flexibility index (Phi) is 4.50. The fraction of sp³-hybridized carbons (Fsp3) is 0.364. The molecule has 0 saturated carbocycles. The quantitative estimate of drug-likeness (QED) is 0.817. The van der Waals surface area contributed by atoms with E-state index in [1.165, 1.54) is 24.3 Å². The number of Topliss-reactive ketones (excluding diaryl/α,β-unsaturated/α-hetero) is 1. The molecule has 1 aromatic rings. The van der Waals surface area contributed by atoms with E-state index in [-0.39, 0.29) is 10.7 Å². The first-order chi connectivity index (χ1) is 7.45. The molecule has 0 heterocycles. The maximum Gasteiger partial charge on any atom is 0.185 e. The number of carbonyl (C=O) groups is 1. The van der Waals surface area contributed by atoms with Crippen molar-refractivity contribution in [2.75, 3.05) is 5.75 Å². The largest absolute Gasteiger partial charge is 0.299 e. The maximum absolute atomic E-state index is 11.8. The highest BCUT2D eigenvalue weighted by atomic mass is 35.5. The molecule has 1 aromatic carbocycles. The summed E-state index contributed by atoms with van der Waals surface area (Å²) in [5.41, 5.74) is 0. The summed E-state index contributed by atoms with van der Waals surface area (Å²) in [4.78, 5) is 11.4. The van der Waals surface area contributed by atoms with Crippen LogP contribution in [0, 0.1) is 0 Å². The zero-order valence-corrected chi connectivity index (χ0v) is 10.5. The Bertz CT molecular complexity index is 463. The van der Waals surface area contributed by atoms with Crippen molar-refractivity contribution < 1.29 is 13.2 Å². The second kappa shape index (κ2) is 5.46. The third-order valence-electron chi connectivity index (χ3n) is 2.05. The van der Waals surface area contributed by atoms with Crippen molar-refractivity contribution in [3.8, 4) is 0 Å². The van der Waals surface area contributed by atoms with Gasteiger partial charge in [0, 0.05) is 11.4 Å². The van der Waals surface area contributed by atoms with Gasteiger partial charge in [-0.1, -0.05) is 18.5 Å². The number of sulfone groups is 1. The lowest BCUT2D eigenvalue weighted by Crippen LogP contribution is -2.15. The fourth-order valence-electron chi connectivity index (χ4n) is 1.29. The first kappa shape index (κ1) is 13.2. The highest BCUT2D eigenvalue weighted by Crippen LogP contribution is 2.15. The zero-order chi connectivity index (χ0) is 12.2. The highest BCUT2D eigenvalue weighted by molar-refractivity contribution is 7.92. The molecular weight excluding hydrogens is 248 g/mol. The summed E-state index contributed by atoms with van der Waals surface area (Å²) < 4.78 is 23.5. The zero-order valence-electron chi connectivity index (χ0n) is 8.94. The Hall–Kier alpha value is -0.870. The smallest absolute Gasteiger partial charge is 0.185 e. The topological polar surface area (TPSA) is 51.2 Å². The molecule has 0 N–H and O–H groups in total. The van der Waals surface area contributed by atoms with Crippen LogP contribution >= 0.6 is 11.6 Å². The number of rotatable bonds is 5. The van der Waals surface area contributed by atoms with Crippen LogP contribution in [0.4, 0.5) is 0 Å². The van der Waals surface area contributed by atoms with Gasteiger partial charge in [0.15, 0.2) is 9.84 Å². The van der Waals surface area contributed by atoms with Gasteiger partial charge in [-0.15, -0.1) is 0 Å². The molecule has 5 heteroatoms. The van der Waals surface area contributed by atoms with Crippen LogP contribution in [0.2, 0.25) is 5.02 Å². The molecule has 0 spiro atoms. The van der Waals surface area contributed by atoms with Crippen LogP contribution in [0.5, 0.6) is 0 Å². The van der Waals surface area contributed by atoms with Crippen LogP contribution in [0.3, 0.4) is 0 Å². The van der Waals surface area contributed by atoms with Crippen LogP contribution in [0.25, 0.3) is 0 Å². The van der Waals surface area contributed by atoms with E-state index in [0.29, 0.717) is 17.9 Å². The van der Waals surface area contributed by atoms with E-state index in [4.69, 9.17) is 11.6 Å². The molecular formula is C11H13ClO3S. The van der Waals surface area contributed by atoms with Gasteiger partial charge in [-0.3, -0.25) is 4.79 Å². The van der Waals surface area contributed by atoms with Gasteiger partial charge in [-0.05, 0) is 30.7 Å². The Balaban J connectivity index is 2.86.